The number of phosphoric acid groups is 1. The lowest BCUT2D eigenvalue weighted by atomic mass is 10.0. The molecule has 3 unspecified atom stereocenters. The van der Waals surface area contributed by atoms with Crippen molar-refractivity contribution < 1.29 is 37.3 Å². The maximum Gasteiger partial charge on any atom is 0.472 e. The number of nitrogens with zero attached hydrogens (tertiary/aromatic N) is 1. The first-order valence-electron chi connectivity index (χ1n) is 35.0. The molecule has 0 aromatic heterocycles. The summed E-state index contributed by atoms with van der Waals surface area (Å²) in [5.41, 5.74) is 0. The number of amides is 1. The highest BCUT2D eigenvalue weighted by Gasteiger charge is 2.30. The monoisotopic (exact) mass is 1160 g/mol. The summed E-state index contributed by atoms with van der Waals surface area (Å²) in [6, 6.07) is -0.848. The largest absolute Gasteiger partial charge is 0.472 e. The highest BCUT2D eigenvalue weighted by molar-refractivity contribution is 7.47. The molecule has 0 saturated heterocycles. The van der Waals surface area contributed by atoms with E-state index in [1.54, 1.807) is 0 Å². The van der Waals surface area contributed by atoms with Gasteiger partial charge in [-0.3, -0.25) is 18.6 Å². The minimum atomic E-state index is -4.45. The SMILES string of the molecule is CCCCC/C=C\C/C=C\CCCCCCCCCCCCCCCCCCCC(=O)NC(COP(=O)(O)OCC[N+](C)(C)C)C(/C=C\CCCCCCCCCCCCC)OC(=O)CCCCCCCCC/C=C\CCCCCC. The van der Waals surface area contributed by atoms with Crippen molar-refractivity contribution in [3.63, 3.8) is 0 Å². The molecule has 0 aliphatic rings. The van der Waals surface area contributed by atoms with Crippen LogP contribution in [0.3, 0.4) is 0 Å². The van der Waals surface area contributed by atoms with E-state index < -0.39 is 20.0 Å². The summed E-state index contributed by atoms with van der Waals surface area (Å²) < 4.78 is 30.8. The van der Waals surface area contributed by atoms with Gasteiger partial charge in [0.1, 0.15) is 19.3 Å². The highest BCUT2D eigenvalue weighted by atomic mass is 31.2. The molecule has 3 atom stereocenters. The van der Waals surface area contributed by atoms with Crippen molar-refractivity contribution in [2.24, 2.45) is 0 Å². The van der Waals surface area contributed by atoms with Crippen molar-refractivity contribution in [3.05, 3.63) is 48.6 Å². The lowest BCUT2D eigenvalue weighted by molar-refractivity contribution is -0.870. The fourth-order valence-corrected chi connectivity index (χ4v) is 11.1. The molecular formula is C71H136N2O7P+. The Morgan fingerprint density at radius 2 is 0.753 bits per heavy atom. The summed E-state index contributed by atoms with van der Waals surface area (Å²) in [5, 5.41) is 3.07. The number of hydrogen-bond acceptors (Lipinski definition) is 6. The quantitative estimate of drug-likeness (QED) is 0.0205. The number of ether oxygens (including phenoxy) is 1. The Morgan fingerprint density at radius 1 is 0.432 bits per heavy atom. The molecule has 0 aliphatic heterocycles. The maximum atomic E-state index is 13.6. The van der Waals surface area contributed by atoms with Crippen molar-refractivity contribution >= 4 is 19.7 Å². The molecule has 1 amide bonds. The first kappa shape index (κ1) is 79.0. The van der Waals surface area contributed by atoms with Gasteiger partial charge in [-0.1, -0.05) is 288 Å². The molecule has 0 rings (SSSR count). The Hall–Kier alpha value is -2.03. The van der Waals surface area contributed by atoms with Crippen LogP contribution in [-0.4, -0.2) is 74.3 Å². The maximum absolute atomic E-state index is 13.6. The predicted octanol–water partition coefficient (Wildman–Crippen LogP) is 22.0. The molecule has 0 saturated carbocycles. The molecule has 0 aromatic carbocycles. The van der Waals surface area contributed by atoms with Crippen LogP contribution < -0.4 is 5.32 Å². The second kappa shape index (κ2) is 61.1. The lowest BCUT2D eigenvalue weighted by Crippen LogP contribution is -2.47. The fourth-order valence-electron chi connectivity index (χ4n) is 10.3. The number of esters is 1. The molecule has 0 heterocycles. The summed E-state index contributed by atoms with van der Waals surface area (Å²) in [7, 11) is 1.51. The van der Waals surface area contributed by atoms with Gasteiger partial charge >= 0.3 is 13.8 Å². The van der Waals surface area contributed by atoms with Crippen molar-refractivity contribution in [2.75, 3.05) is 40.9 Å². The van der Waals surface area contributed by atoms with Crippen LogP contribution in [-0.2, 0) is 27.9 Å². The molecule has 476 valence electrons. The number of carbonyl (C=O) groups is 2. The van der Waals surface area contributed by atoms with Crippen LogP contribution in [0.4, 0.5) is 0 Å². The molecule has 0 radical (unpaired) electrons. The molecule has 0 aliphatic carbocycles. The zero-order valence-corrected chi connectivity index (χ0v) is 55.4. The Balaban J connectivity index is 5.01. The number of unbranched alkanes of at least 4 members (excludes halogenated alkanes) is 42. The van der Waals surface area contributed by atoms with E-state index in [4.69, 9.17) is 13.8 Å². The van der Waals surface area contributed by atoms with Crippen LogP contribution in [0.25, 0.3) is 0 Å². The van der Waals surface area contributed by atoms with Crippen LogP contribution in [0, 0.1) is 0 Å². The standard InChI is InChI=1S/C71H135N2O7P/c1-7-10-13-16-19-22-25-28-30-31-32-33-34-35-36-37-38-39-40-41-43-45-48-51-54-57-60-63-70(74)72-68(67-79-81(76,77)78-66-65-73(4,5)6)69(62-59-56-53-50-47-44-27-24-21-18-15-12-9-3)80-71(75)64-61-58-55-52-49-46-42-29-26-23-20-17-14-11-8-2/h19,22-23,26,28,30,59,62,68-69H,7-18,20-21,24-25,27,29,31-58,60-61,63-67H2,1-6H3,(H-,72,74,76,77)/p+1/b22-19-,26-23-,30-28-,62-59-. The van der Waals surface area contributed by atoms with Crippen molar-refractivity contribution in [1.82, 2.24) is 5.32 Å². The van der Waals surface area contributed by atoms with Crippen LogP contribution in [0.1, 0.15) is 342 Å². The molecule has 2 N–H and O–H groups in total. The summed E-state index contributed by atoms with van der Waals surface area (Å²) in [5.74, 6) is -0.495. The smallest absolute Gasteiger partial charge is 0.456 e. The molecule has 0 spiro atoms. The average Bonchev–Trinajstić information content (AvgIpc) is 3.44. The minimum Gasteiger partial charge on any atom is -0.456 e. The number of carbonyl (C=O) groups excluding carboxylic acids is 2. The third-order valence-corrected chi connectivity index (χ3v) is 16.7. The van der Waals surface area contributed by atoms with E-state index in [1.165, 1.54) is 244 Å². The molecule has 10 heteroatoms. The number of rotatable bonds is 64. The van der Waals surface area contributed by atoms with Crippen molar-refractivity contribution in [3.8, 4) is 0 Å². The van der Waals surface area contributed by atoms with Gasteiger partial charge in [-0.15, -0.1) is 0 Å². The first-order valence-corrected chi connectivity index (χ1v) is 36.5. The molecular weight excluding hydrogens is 1020 g/mol. The van der Waals surface area contributed by atoms with E-state index in [-0.39, 0.29) is 31.5 Å². The summed E-state index contributed by atoms with van der Waals surface area (Å²) in [6.45, 7) is 7.02. The number of phosphoric ester groups is 1. The van der Waals surface area contributed by atoms with E-state index in [1.807, 2.05) is 33.3 Å². The summed E-state index contributed by atoms with van der Waals surface area (Å²) >= 11 is 0. The van der Waals surface area contributed by atoms with E-state index in [9.17, 15) is 19.0 Å². The van der Waals surface area contributed by atoms with Gasteiger partial charge in [0.25, 0.3) is 0 Å². The number of allylic oxidation sites excluding steroid dienone is 7. The zero-order chi connectivity index (χ0) is 59.3. The van der Waals surface area contributed by atoms with E-state index in [0.717, 1.165) is 64.2 Å². The number of quaternary nitrogens is 1. The Kier molecular flexibility index (Phi) is 59.5. The van der Waals surface area contributed by atoms with Gasteiger partial charge in [0.05, 0.1) is 33.8 Å². The van der Waals surface area contributed by atoms with Gasteiger partial charge < -0.3 is 19.4 Å². The van der Waals surface area contributed by atoms with Crippen LogP contribution >= 0.6 is 7.82 Å². The normalized spacial score (nSPS) is 13.8. The van der Waals surface area contributed by atoms with Crippen LogP contribution in [0.15, 0.2) is 48.6 Å². The number of nitrogens with one attached hydrogen (secondary N) is 1. The third-order valence-electron chi connectivity index (χ3n) is 15.7. The van der Waals surface area contributed by atoms with Gasteiger partial charge in [0.2, 0.25) is 5.91 Å². The average molecular weight is 1160 g/mol. The molecule has 81 heavy (non-hydrogen) atoms. The summed E-state index contributed by atoms with van der Waals surface area (Å²) in [4.78, 5) is 37.8. The zero-order valence-electron chi connectivity index (χ0n) is 54.5. The van der Waals surface area contributed by atoms with Gasteiger partial charge in [-0.2, -0.15) is 0 Å². The predicted molar refractivity (Wildman–Crippen MR) is 351 cm³/mol. The van der Waals surface area contributed by atoms with E-state index in [2.05, 4.69) is 62.5 Å². The van der Waals surface area contributed by atoms with E-state index in [0.29, 0.717) is 17.4 Å². The van der Waals surface area contributed by atoms with Crippen LogP contribution in [0.2, 0.25) is 0 Å². The van der Waals surface area contributed by atoms with Gasteiger partial charge in [0, 0.05) is 12.8 Å². The summed E-state index contributed by atoms with van der Waals surface area (Å²) in [6.07, 6.45) is 76.9. The first-order chi connectivity index (χ1) is 39.4. The topological polar surface area (TPSA) is 111 Å². The number of likely N-dealkylation sites (N-methyl/N-ethyl adjacent to an activating group) is 1. The molecule has 0 fully saturated rings. The highest BCUT2D eigenvalue weighted by Crippen LogP contribution is 2.43. The van der Waals surface area contributed by atoms with Crippen molar-refractivity contribution in [2.45, 2.75) is 354 Å². The molecule has 9 nitrogen and oxygen atoms in total. The second-order valence-corrected chi connectivity index (χ2v) is 26.5. The minimum absolute atomic E-state index is 0.0412. The van der Waals surface area contributed by atoms with Crippen LogP contribution in [0.5, 0.6) is 0 Å². The van der Waals surface area contributed by atoms with Gasteiger partial charge in [0.15, 0.2) is 0 Å². The van der Waals surface area contributed by atoms with Crippen molar-refractivity contribution in [1.29, 1.82) is 0 Å². The Labute approximate surface area is 503 Å². The van der Waals surface area contributed by atoms with Gasteiger partial charge in [-0.25, -0.2) is 4.57 Å². The molecule has 0 aromatic rings. The van der Waals surface area contributed by atoms with Gasteiger partial charge in [-0.05, 0) is 89.5 Å². The Bertz CT molecular complexity index is 1520. The molecule has 0 bridgehead atoms. The van der Waals surface area contributed by atoms with E-state index >= 15 is 0 Å². The lowest BCUT2D eigenvalue weighted by Gasteiger charge is -2.27. The number of hydrogen-bond donors (Lipinski definition) is 2. The fraction of sp³-hybridized carbons (Fsp3) is 0.859. The Morgan fingerprint density at radius 3 is 1.16 bits per heavy atom. The second-order valence-electron chi connectivity index (χ2n) is 25.0. The third kappa shape index (κ3) is 62.3.